The van der Waals surface area contributed by atoms with Crippen LogP contribution in [0.2, 0.25) is 0 Å². The molecule has 2 aliphatic carbocycles. The molecule has 0 radical (unpaired) electrons. The van der Waals surface area contributed by atoms with E-state index in [1.807, 2.05) is 0 Å². The topological polar surface area (TPSA) is 37.3 Å². The van der Waals surface area contributed by atoms with Gasteiger partial charge in [-0.3, -0.25) is 4.79 Å². The molecule has 0 spiro atoms. The molecule has 1 N–H and O–H groups in total. The fraction of sp³-hybridized carbons (Fsp3) is 0.923. The number of carboxylic acids is 1. The number of carboxylic acid groups (broad SMARTS) is 1. The predicted octanol–water partition coefficient (Wildman–Crippen LogP) is 3.31. The summed E-state index contributed by atoms with van der Waals surface area (Å²) in [5, 5.41) is 9.25. The van der Waals surface area contributed by atoms with Gasteiger partial charge >= 0.3 is 5.97 Å². The average Bonchev–Trinajstić information content (AvgIpc) is 1.98. The van der Waals surface area contributed by atoms with Crippen molar-refractivity contribution in [3.05, 3.63) is 0 Å². The van der Waals surface area contributed by atoms with Gasteiger partial charge in [0.1, 0.15) is 0 Å². The highest BCUT2D eigenvalue weighted by molar-refractivity contribution is 5.70. The second-order valence-corrected chi connectivity index (χ2v) is 6.21. The Morgan fingerprint density at radius 1 is 1.27 bits per heavy atom. The molecule has 2 saturated carbocycles. The third kappa shape index (κ3) is 2.19. The van der Waals surface area contributed by atoms with Crippen LogP contribution in [0.25, 0.3) is 0 Å². The minimum absolute atomic E-state index is 0.0525. The van der Waals surface area contributed by atoms with Crippen molar-refractivity contribution < 1.29 is 9.90 Å². The lowest BCUT2D eigenvalue weighted by molar-refractivity contribution is -0.148. The first kappa shape index (κ1) is 11.0. The van der Waals surface area contributed by atoms with E-state index in [4.69, 9.17) is 0 Å². The summed E-state index contributed by atoms with van der Waals surface area (Å²) in [6, 6.07) is 0. The lowest BCUT2D eigenvalue weighted by Crippen LogP contribution is -2.40. The molecule has 2 rings (SSSR count). The van der Waals surface area contributed by atoms with Gasteiger partial charge in [-0.05, 0) is 36.5 Å². The summed E-state index contributed by atoms with van der Waals surface area (Å²) in [7, 11) is 0. The molecule has 86 valence electrons. The largest absolute Gasteiger partial charge is 0.481 e. The Balaban J connectivity index is 2.08. The first-order chi connectivity index (χ1) is 6.99. The van der Waals surface area contributed by atoms with E-state index < -0.39 is 5.97 Å². The normalized spacial score (nSPS) is 35.9. The van der Waals surface area contributed by atoms with Gasteiger partial charge in [-0.1, -0.05) is 33.1 Å². The minimum atomic E-state index is -0.553. The molecule has 2 nitrogen and oxygen atoms in total. The van der Waals surface area contributed by atoms with E-state index in [-0.39, 0.29) is 5.92 Å². The Bertz CT molecular complexity index is 253. The molecule has 2 unspecified atom stereocenters. The lowest BCUT2D eigenvalue weighted by Gasteiger charge is -2.45. The molecule has 0 aromatic heterocycles. The number of rotatable bonds is 2. The van der Waals surface area contributed by atoms with Crippen molar-refractivity contribution in [3.63, 3.8) is 0 Å². The molecule has 2 aliphatic rings. The maximum Gasteiger partial charge on any atom is 0.306 e. The van der Waals surface area contributed by atoms with Crippen molar-refractivity contribution in [2.24, 2.45) is 23.2 Å². The average molecular weight is 210 g/mol. The molecule has 0 aliphatic heterocycles. The molecule has 0 aromatic carbocycles. The summed E-state index contributed by atoms with van der Waals surface area (Å²) in [6.07, 6.45) is 6.94. The van der Waals surface area contributed by atoms with Crippen LogP contribution in [-0.4, -0.2) is 11.1 Å². The van der Waals surface area contributed by atoms with E-state index in [2.05, 4.69) is 13.8 Å². The maximum absolute atomic E-state index is 11.2. The Morgan fingerprint density at radius 3 is 2.40 bits per heavy atom. The summed E-state index contributed by atoms with van der Waals surface area (Å²) in [6.45, 7) is 4.58. The fourth-order valence-corrected chi connectivity index (χ4v) is 3.31. The summed E-state index contributed by atoms with van der Waals surface area (Å²) in [5.74, 6) is 0.566. The zero-order valence-electron chi connectivity index (χ0n) is 9.83. The summed E-state index contributed by atoms with van der Waals surface area (Å²) < 4.78 is 0. The first-order valence-corrected chi connectivity index (χ1v) is 6.22. The van der Waals surface area contributed by atoms with Crippen LogP contribution in [0.4, 0.5) is 0 Å². The molecular weight excluding hydrogens is 188 g/mol. The van der Waals surface area contributed by atoms with Crippen LogP contribution < -0.4 is 0 Å². The van der Waals surface area contributed by atoms with Gasteiger partial charge in [-0.15, -0.1) is 0 Å². The van der Waals surface area contributed by atoms with Crippen molar-refractivity contribution in [2.45, 2.75) is 52.4 Å². The first-order valence-electron chi connectivity index (χ1n) is 6.22. The van der Waals surface area contributed by atoms with Gasteiger partial charge in [0.25, 0.3) is 0 Å². The Labute approximate surface area is 92.1 Å². The predicted molar refractivity (Wildman–Crippen MR) is 59.6 cm³/mol. The van der Waals surface area contributed by atoms with Crippen molar-refractivity contribution >= 4 is 5.97 Å². The maximum atomic E-state index is 11.2. The zero-order chi connectivity index (χ0) is 11.1. The summed E-state index contributed by atoms with van der Waals surface area (Å²) in [4.78, 5) is 11.2. The quantitative estimate of drug-likeness (QED) is 0.759. The second-order valence-electron chi connectivity index (χ2n) is 6.21. The highest BCUT2D eigenvalue weighted by Gasteiger charge is 2.43. The molecule has 0 heterocycles. The van der Waals surface area contributed by atoms with E-state index >= 15 is 0 Å². The zero-order valence-corrected chi connectivity index (χ0v) is 9.83. The highest BCUT2D eigenvalue weighted by Crippen LogP contribution is 2.49. The van der Waals surface area contributed by atoms with Crippen molar-refractivity contribution in [2.75, 3.05) is 0 Å². The molecule has 15 heavy (non-hydrogen) atoms. The Hall–Kier alpha value is -0.530. The number of hydrogen-bond acceptors (Lipinski definition) is 1. The SMILES string of the molecule is CC1(C)CCC(C(=O)O)C(C2CCC2)C1. The summed E-state index contributed by atoms with van der Waals surface area (Å²) in [5.41, 5.74) is 0.367. The lowest BCUT2D eigenvalue weighted by atomic mass is 9.59. The Morgan fingerprint density at radius 2 is 1.93 bits per heavy atom. The van der Waals surface area contributed by atoms with Gasteiger partial charge in [0.15, 0.2) is 0 Å². The standard InChI is InChI=1S/C13H22O2/c1-13(2)7-6-10(12(14)15)11(8-13)9-4-3-5-9/h9-11H,3-8H2,1-2H3,(H,14,15). The molecular formula is C13H22O2. The molecule has 0 aromatic rings. The molecule has 0 amide bonds. The molecule has 2 heteroatoms. The van der Waals surface area contributed by atoms with Gasteiger partial charge in [0, 0.05) is 0 Å². The third-order valence-corrected chi connectivity index (χ3v) is 4.51. The fourth-order valence-electron chi connectivity index (χ4n) is 3.31. The smallest absolute Gasteiger partial charge is 0.306 e. The number of carbonyl (C=O) groups is 1. The molecule has 0 saturated heterocycles. The third-order valence-electron chi connectivity index (χ3n) is 4.51. The number of aliphatic carboxylic acids is 1. The Kier molecular flexibility index (Phi) is 2.78. The van der Waals surface area contributed by atoms with E-state index in [1.54, 1.807) is 0 Å². The molecule has 2 atom stereocenters. The van der Waals surface area contributed by atoms with Crippen LogP contribution in [0.1, 0.15) is 52.4 Å². The van der Waals surface area contributed by atoms with E-state index in [0.717, 1.165) is 19.3 Å². The monoisotopic (exact) mass is 210 g/mol. The van der Waals surface area contributed by atoms with Gasteiger partial charge in [-0.25, -0.2) is 0 Å². The second kappa shape index (κ2) is 3.80. The van der Waals surface area contributed by atoms with E-state index in [9.17, 15) is 9.90 Å². The van der Waals surface area contributed by atoms with Crippen molar-refractivity contribution in [3.8, 4) is 0 Å². The van der Waals surface area contributed by atoms with Gasteiger partial charge in [0.05, 0.1) is 5.92 Å². The van der Waals surface area contributed by atoms with Crippen molar-refractivity contribution in [1.29, 1.82) is 0 Å². The van der Waals surface area contributed by atoms with Crippen LogP contribution in [0.3, 0.4) is 0 Å². The number of hydrogen-bond donors (Lipinski definition) is 1. The highest BCUT2D eigenvalue weighted by atomic mass is 16.4. The van der Waals surface area contributed by atoms with Crippen LogP contribution >= 0.6 is 0 Å². The van der Waals surface area contributed by atoms with Gasteiger partial charge < -0.3 is 5.11 Å². The minimum Gasteiger partial charge on any atom is -0.481 e. The summed E-state index contributed by atoms with van der Waals surface area (Å²) >= 11 is 0. The molecule has 2 fully saturated rings. The van der Waals surface area contributed by atoms with Crippen LogP contribution in [0.5, 0.6) is 0 Å². The van der Waals surface area contributed by atoms with Crippen LogP contribution in [0.15, 0.2) is 0 Å². The molecule has 0 bridgehead atoms. The van der Waals surface area contributed by atoms with Crippen LogP contribution in [0, 0.1) is 23.2 Å². The van der Waals surface area contributed by atoms with E-state index in [1.165, 1.54) is 19.3 Å². The van der Waals surface area contributed by atoms with Crippen LogP contribution in [-0.2, 0) is 4.79 Å². The van der Waals surface area contributed by atoms with Crippen molar-refractivity contribution in [1.82, 2.24) is 0 Å². The van der Waals surface area contributed by atoms with Gasteiger partial charge in [-0.2, -0.15) is 0 Å². The van der Waals surface area contributed by atoms with Gasteiger partial charge in [0.2, 0.25) is 0 Å². The van der Waals surface area contributed by atoms with E-state index in [0.29, 0.717) is 17.3 Å².